The predicted octanol–water partition coefficient (Wildman–Crippen LogP) is 1.07. The fraction of sp³-hybridized carbons (Fsp3) is 0.875. The Morgan fingerprint density at radius 3 is 2.48 bits per heavy atom. The molecule has 4 rings (SSSR count). The molecule has 5 nitrogen and oxygen atoms in total. The number of carbonyl (C=O) groups excluding carboxylic acids is 1. The summed E-state index contributed by atoms with van der Waals surface area (Å²) in [5.41, 5.74) is 6.28. The number of carboxylic acid groups (broad SMARTS) is 1. The Kier molecular flexibility index (Phi) is 3.03. The molecule has 0 spiro atoms. The molecule has 5 heteroatoms. The fourth-order valence-corrected chi connectivity index (χ4v) is 5.74. The third-order valence-electron chi connectivity index (χ3n) is 6.69. The van der Waals surface area contributed by atoms with Gasteiger partial charge in [-0.2, -0.15) is 0 Å². The second-order valence-electron chi connectivity index (χ2n) is 7.56. The van der Waals surface area contributed by atoms with E-state index in [2.05, 4.69) is 0 Å². The Bertz CT molecular complexity index is 478. The van der Waals surface area contributed by atoms with Crippen molar-refractivity contribution in [3.8, 4) is 0 Å². The lowest BCUT2D eigenvalue weighted by Gasteiger charge is -2.33. The molecule has 1 amide bonds. The number of likely N-dealkylation sites (tertiary alicyclic amines) is 1. The SMILES string of the molecule is NC1C2CCC(C2)C1C(=O)N1CC2CCCC2C1C(=O)O. The molecule has 1 aliphatic heterocycles. The second-order valence-corrected chi connectivity index (χ2v) is 7.56. The number of amides is 1. The fourth-order valence-electron chi connectivity index (χ4n) is 5.74. The van der Waals surface area contributed by atoms with E-state index in [0.29, 0.717) is 24.3 Å². The van der Waals surface area contributed by atoms with Crippen molar-refractivity contribution in [2.24, 2.45) is 35.3 Å². The van der Waals surface area contributed by atoms with Crippen LogP contribution in [0.3, 0.4) is 0 Å². The lowest BCUT2D eigenvalue weighted by atomic mass is 9.83. The molecule has 0 aromatic rings. The van der Waals surface area contributed by atoms with Crippen LogP contribution < -0.4 is 5.73 Å². The predicted molar refractivity (Wildman–Crippen MR) is 76.3 cm³/mol. The minimum atomic E-state index is -0.825. The van der Waals surface area contributed by atoms with E-state index in [1.807, 2.05) is 0 Å². The van der Waals surface area contributed by atoms with Crippen molar-refractivity contribution in [2.45, 2.75) is 50.6 Å². The Morgan fingerprint density at radius 1 is 1.05 bits per heavy atom. The standard InChI is InChI=1S/C16H24N2O3/c17-13-9-5-4-8(6-9)12(13)15(19)18-7-10-2-1-3-11(10)14(18)16(20)21/h8-14H,1-7,17H2,(H,20,21). The monoisotopic (exact) mass is 292 g/mol. The molecule has 3 N–H and O–H groups in total. The van der Waals surface area contributed by atoms with E-state index < -0.39 is 12.0 Å². The first-order valence-corrected chi connectivity index (χ1v) is 8.36. The highest BCUT2D eigenvalue weighted by molar-refractivity contribution is 5.87. The normalized spacial score (nSPS) is 47.9. The minimum absolute atomic E-state index is 0.0384. The maximum atomic E-state index is 13.0. The van der Waals surface area contributed by atoms with Crippen molar-refractivity contribution in [3.63, 3.8) is 0 Å². The average Bonchev–Trinajstić information content (AvgIpc) is 3.16. The van der Waals surface area contributed by atoms with Crippen molar-refractivity contribution >= 4 is 11.9 Å². The Labute approximate surface area is 124 Å². The third-order valence-corrected chi connectivity index (χ3v) is 6.69. The molecule has 4 aliphatic rings. The molecule has 4 fully saturated rings. The van der Waals surface area contributed by atoms with Gasteiger partial charge >= 0.3 is 5.97 Å². The van der Waals surface area contributed by atoms with Crippen LogP contribution in [0.5, 0.6) is 0 Å². The smallest absolute Gasteiger partial charge is 0.326 e. The molecule has 0 aromatic heterocycles. The van der Waals surface area contributed by atoms with Gasteiger partial charge in [-0.05, 0) is 55.8 Å². The molecular formula is C16H24N2O3. The van der Waals surface area contributed by atoms with Gasteiger partial charge in [-0.1, -0.05) is 6.42 Å². The van der Waals surface area contributed by atoms with Gasteiger partial charge in [-0.25, -0.2) is 4.79 Å². The van der Waals surface area contributed by atoms with E-state index in [1.165, 1.54) is 0 Å². The van der Waals surface area contributed by atoms with Crippen molar-refractivity contribution in [1.29, 1.82) is 0 Å². The number of nitrogens with zero attached hydrogens (tertiary/aromatic N) is 1. The van der Waals surface area contributed by atoms with Gasteiger partial charge in [0.2, 0.25) is 5.91 Å². The van der Waals surface area contributed by atoms with Crippen LogP contribution >= 0.6 is 0 Å². The van der Waals surface area contributed by atoms with Crippen LogP contribution in [0.2, 0.25) is 0 Å². The van der Waals surface area contributed by atoms with Gasteiger partial charge < -0.3 is 15.7 Å². The topological polar surface area (TPSA) is 83.6 Å². The Hall–Kier alpha value is -1.10. The summed E-state index contributed by atoms with van der Waals surface area (Å²) in [6.45, 7) is 0.640. The van der Waals surface area contributed by atoms with Crippen LogP contribution in [-0.4, -0.2) is 40.5 Å². The summed E-state index contributed by atoms with van der Waals surface area (Å²) < 4.78 is 0. The molecule has 3 saturated carbocycles. The molecule has 3 aliphatic carbocycles. The van der Waals surface area contributed by atoms with E-state index in [0.717, 1.165) is 38.5 Å². The quantitative estimate of drug-likeness (QED) is 0.797. The number of aliphatic carboxylic acids is 1. The molecule has 2 bridgehead atoms. The molecule has 7 atom stereocenters. The van der Waals surface area contributed by atoms with Crippen LogP contribution in [-0.2, 0) is 9.59 Å². The Morgan fingerprint density at radius 2 is 1.81 bits per heavy atom. The van der Waals surface area contributed by atoms with Gasteiger partial charge in [0.05, 0.1) is 5.92 Å². The van der Waals surface area contributed by atoms with Crippen LogP contribution in [0.1, 0.15) is 38.5 Å². The third kappa shape index (κ3) is 1.86. The van der Waals surface area contributed by atoms with Crippen LogP contribution in [0.15, 0.2) is 0 Å². The van der Waals surface area contributed by atoms with Crippen molar-refractivity contribution in [1.82, 2.24) is 4.90 Å². The number of carbonyl (C=O) groups is 2. The van der Waals surface area contributed by atoms with Gasteiger partial charge in [-0.15, -0.1) is 0 Å². The van der Waals surface area contributed by atoms with Crippen LogP contribution in [0, 0.1) is 29.6 Å². The van der Waals surface area contributed by atoms with Gasteiger partial charge in [-0.3, -0.25) is 4.79 Å². The summed E-state index contributed by atoms with van der Waals surface area (Å²) in [4.78, 5) is 26.3. The second kappa shape index (κ2) is 4.70. The average molecular weight is 292 g/mol. The zero-order chi connectivity index (χ0) is 14.7. The van der Waals surface area contributed by atoms with Gasteiger partial charge in [0.15, 0.2) is 0 Å². The van der Waals surface area contributed by atoms with Gasteiger partial charge in [0.25, 0.3) is 0 Å². The lowest BCUT2D eigenvalue weighted by molar-refractivity contribution is -0.152. The maximum absolute atomic E-state index is 13.0. The largest absolute Gasteiger partial charge is 0.480 e. The zero-order valence-electron chi connectivity index (χ0n) is 12.3. The summed E-state index contributed by atoms with van der Waals surface area (Å²) >= 11 is 0. The minimum Gasteiger partial charge on any atom is -0.480 e. The van der Waals surface area contributed by atoms with Gasteiger partial charge in [0.1, 0.15) is 6.04 Å². The molecule has 1 saturated heterocycles. The number of hydrogen-bond donors (Lipinski definition) is 2. The summed E-state index contributed by atoms with van der Waals surface area (Å²) in [5.74, 6) is 0.531. The molecule has 7 unspecified atom stereocenters. The highest BCUT2D eigenvalue weighted by atomic mass is 16.4. The summed E-state index contributed by atoms with van der Waals surface area (Å²) in [6, 6.07) is -0.650. The molecule has 21 heavy (non-hydrogen) atoms. The molecule has 0 aromatic carbocycles. The maximum Gasteiger partial charge on any atom is 0.326 e. The summed E-state index contributed by atoms with van der Waals surface area (Å²) in [6.07, 6.45) is 6.43. The van der Waals surface area contributed by atoms with Gasteiger partial charge in [0, 0.05) is 12.6 Å². The van der Waals surface area contributed by atoms with E-state index in [9.17, 15) is 14.7 Å². The van der Waals surface area contributed by atoms with E-state index in [1.54, 1.807) is 4.90 Å². The molecule has 0 radical (unpaired) electrons. The number of carboxylic acids is 1. The van der Waals surface area contributed by atoms with E-state index in [4.69, 9.17) is 5.73 Å². The number of fused-ring (bicyclic) bond motifs is 3. The van der Waals surface area contributed by atoms with Crippen molar-refractivity contribution in [3.05, 3.63) is 0 Å². The van der Waals surface area contributed by atoms with Crippen LogP contribution in [0.25, 0.3) is 0 Å². The summed E-state index contributed by atoms with van der Waals surface area (Å²) in [5, 5.41) is 9.60. The number of nitrogens with two attached hydrogens (primary N) is 1. The summed E-state index contributed by atoms with van der Waals surface area (Å²) in [7, 11) is 0. The highest BCUT2D eigenvalue weighted by Crippen LogP contribution is 2.50. The molecule has 116 valence electrons. The first-order valence-electron chi connectivity index (χ1n) is 8.36. The van der Waals surface area contributed by atoms with Crippen LogP contribution in [0.4, 0.5) is 0 Å². The lowest BCUT2D eigenvalue weighted by Crippen LogP contribution is -2.51. The van der Waals surface area contributed by atoms with Crippen molar-refractivity contribution < 1.29 is 14.7 Å². The Balaban J connectivity index is 1.58. The molecular weight excluding hydrogens is 268 g/mol. The number of hydrogen-bond acceptors (Lipinski definition) is 3. The first-order chi connectivity index (χ1) is 10.1. The first kappa shape index (κ1) is 13.6. The zero-order valence-corrected chi connectivity index (χ0v) is 12.3. The van der Waals surface area contributed by atoms with Crippen molar-refractivity contribution in [2.75, 3.05) is 6.54 Å². The molecule has 1 heterocycles. The highest BCUT2D eigenvalue weighted by Gasteiger charge is 2.55. The van der Waals surface area contributed by atoms with E-state index >= 15 is 0 Å². The van der Waals surface area contributed by atoms with E-state index in [-0.39, 0.29) is 23.8 Å². The number of rotatable bonds is 2.